The van der Waals surface area contributed by atoms with Crippen LogP contribution in [0, 0.1) is 17.1 Å². The molecular formula is C13H7ClFN3O. The zero-order valence-electron chi connectivity index (χ0n) is 9.52. The Morgan fingerprint density at radius 1 is 1.42 bits per heavy atom. The molecule has 0 unspecified atom stereocenters. The van der Waals surface area contributed by atoms with E-state index in [1.54, 1.807) is 6.07 Å². The summed E-state index contributed by atoms with van der Waals surface area (Å²) >= 11 is 5.83. The molecule has 0 aliphatic rings. The standard InChI is InChI=1S/C13H7ClFN3O/c14-10-7-17-5-4-8(10)13(19)18-12-3-1-2-11(15)9(12)6-16/h1-5,7H,(H,18,19). The molecule has 0 aliphatic heterocycles. The first-order chi connectivity index (χ1) is 9.13. The van der Waals surface area contributed by atoms with Crippen LogP contribution in [0.5, 0.6) is 0 Å². The Kier molecular flexibility index (Phi) is 3.74. The monoisotopic (exact) mass is 275 g/mol. The molecule has 0 aliphatic carbocycles. The number of halogens is 2. The molecule has 1 N–H and O–H groups in total. The summed E-state index contributed by atoms with van der Waals surface area (Å²) in [6.07, 6.45) is 2.74. The summed E-state index contributed by atoms with van der Waals surface area (Å²) in [5.74, 6) is -1.23. The molecule has 1 amide bonds. The number of nitriles is 1. The Bertz CT molecular complexity index is 682. The first kappa shape index (κ1) is 13.0. The topological polar surface area (TPSA) is 65.8 Å². The third-order valence-corrected chi connectivity index (χ3v) is 2.69. The Morgan fingerprint density at radius 2 is 2.21 bits per heavy atom. The Labute approximate surface area is 113 Å². The van der Waals surface area contributed by atoms with Gasteiger partial charge in [0.1, 0.15) is 17.4 Å². The predicted molar refractivity (Wildman–Crippen MR) is 68.3 cm³/mol. The largest absolute Gasteiger partial charge is 0.321 e. The van der Waals surface area contributed by atoms with Crippen LogP contribution in [0.4, 0.5) is 10.1 Å². The molecule has 0 atom stereocenters. The smallest absolute Gasteiger partial charge is 0.257 e. The van der Waals surface area contributed by atoms with Crippen LogP contribution in [0.3, 0.4) is 0 Å². The molecule has 94 valence electrons. The summed E-state index contributed by atoms with van der Waals surface area (Å²) in [7, 11) is 0. The highest BCUT2D eigenvalue weighted by Crippen LogP contribution is 2.20. The van der Waals surface area contributed by atoms with E-state index in [0.717, 1.165) is 6.07 Å². The van der Waals surface area contributed by atoms with Crippen molar-refractivity contribution in [3.8, 4) is 6.07 Å². The highest BCUT2D eigenvalue weighted by molar-refractivity contribution is 6.34. The highest BCUT2D eigenvalue weighted by Gasteiger charge is 2.14. The molecule has 2 aromatic rings. The minimum absolute atomic E-state index is 0.0976. The van der Waals surface area contributed by atoms with Gasteiger partial charge >= 0.3 is 0 Å². The third-order valence-electron chi connectivity index (χ3n) is 2.39. The van der Waals surface area contributed by atoms with Gasteiger partial charge in [-0.25, -0.2) is 4.39 Å². The molecule has 6 heteroatoms. The van der Waals surface area contributed by atoms with Crippen molar-refractivity contribution in [1.82, 2.24) is 4.98 Å². The second-order valence-electron chi connectivity index (χ2n) is 3.58. The van der Waals surface area contributed by atoms with Crippen LogP contribution >= 0.6 is 11.6 Å². The number of hydrogen-bond donors (Lipinski definition) is 1. The average Bonchev–Trinajstić information content (AvgIpc) is 2.39. The number of rotatable bonds is 2. The molecule has 0 spiro atoms. The average molecular weight is 276 g/mol. The summed E-state index contributed by atoms with van der Waals surface area (Å²) in [6.45, 7) is 0. The Hall–Kier alpha value is -2.45. The molecule has 0 radical (unpaired) electrons. The number of anilines is 1. The normalized spacial score (nSPS) is 9.74. The van der Waals surface area contributed by atoms with Crippen LogP contribution in [-0.4, -0.2) is 10.9 Å². The lowest BCUT2D eigenvalue weighted by molar-refractivity contribution is 0.102. The molecule has 0 fully saturated rings. The van der Waals surface area contributed by atoms with E-state index in [1.807, 2.05) is 0 Å². The van der Waals surface area contributed by atoms with E-state index in [1.165, 1.54) is 30.6 Å². The lowest BCUT2D eigenvalue weighted by Crippen LogP contribution is -2.14. The number of carbonyl (C=O) groups excluding carboxylic acids is 1. The molecule has 0 saturated heterocycles. The van der Waals surface area contributed by atoms with E-state index >= 15 is 0 Å². The van der Waals surface area contributed by atoms with Gasteiger partial charge in [-0.2, -0.15) is 5.26 Å². The van der Waals surface area contributed by atoms with Crippen LogP contribution in [-0.2, 0) is 0 Å². The molecule has 1 heterocycles. The van der Waals surface area contributed by atoms with Gasteiger partial charge in [-0.1, -0.05) is 17.7 Å². The maximum Gasteiger partial charge on any atom is 0.257 e. The van der Waals surface area contributed by atoms with Gasteiger partial charge in [0.15, 0.2) is 0 Å². The number of nitrogens with one attached hydrogen (secondary N) is 1. The fourth-order valence-corrected chi connectivity index (χ4v) is 1.70. The lowest BCUT2D eigenvalue weighted by atomic mass is 10.1. The van der Waals surface area contributed by atoms with Crippen molar-refractivity contribution < 1.29 is 9.18 Å². The highest BCUT2D eigenvalue weighted by atomic mass is 35.5. The van der Waals surface area contributed by atoms with Gasteiger partial charge in [0.25, 0.3) is 5.91 Å². The van der Waals surface area contributed by atoms with Crippen LogP contribution in [0.2, 0.25) is 5.02 Å². The van der Waals surface area contributed by atoms with E-state index in [4.69, 9.17) is 16.9 Å². The fourth-order valence-electron chi connectivity index (χ4n) is 1.49. The molecule has 0 bridgehead atoms. The van der Waals surface area contributed by atoms with Crippen molar-refractivity contribution in [3.63, 3.8) is 0 Å². The summed E-state index contributed by atoms with van der Waals surface area (Å²) in [5.41, 5.74) is 0.0752. The van der Waals surface area contributed by atoms with Crippen LogP contribution in [0.15, 0.2) is 36.7 Å². The number of carbonyl (C=O) groups is 1. The lowest BCUT2D eigenvalue weighted by Gasteiger charge is -2.08. The van der Waals surface area contributed by atoms with Gasteiger partial charge in [-0.15, -0.1) is 0 Å². The molecule has 2 rings (SSSR count). The quantitative estimate of drug-likeness (QED) is 0.916. The summed E-state index contributed by atoms with van der Waals surface area (Å²) in [6, 6.07) is 7.12. The van der Waals surface area contributed by atoms with E-state index in [2.05, 4.69) is 10.3 Å². The maximum atomic E-state index is 13.4. The van der Waals surface area contributed by atoms with Crippen molar-refractivity contribution in [2.75, 3.05) is 5.32 Å². The van der Waals surface area contributed by atoms with Gasteiger partial charge < -0.3 is 5.32 Å². The molecule has 19 heavy (non-hydrogen) atoms. The molecule has 4 nitrogen and oxygen atoms in total. The second-order valence-corrected chi connectivity index (χ2v) is 3.99. The van der Waals surface area contributed by atoms with Crippen LogP contribution in [0.1, 0.15) is 15.9 Å². The third kappa shape index (κ3) is 2.69. The van der Waals surface area contributed by atoms with Crippen molar-refractivity contribution in [1.29, 1.82) is 5.26 Å². The van der Waals surface area contributed by atoms with Gasteiger partial charge in [0, 0.05) is 12.4 Å². The molecule has 1 aromatic heterocycles. The minimum atomic E-state index is -0.693. The minimum Gasteiger partial charge on any atom is -0.321 e. The van der Waals surface area contributed by atoms with Crippen LogP contribution < -0.4 is 5.32 Å². The van der Waals surface area contributed by atoms with Gasteiger partial charge in [0.05, 0.1) is 16.3 Å². The number of hydrogen-bond acceptors (Lipinski definition) is 3. The van der Waals surface area contributed by atoms with E-state index < -0.39 is 11.7 Å². The van der Waals surface area contributed by atoms with Crippen molar-refractivity contribution in [2.45, 2.75) is 0 Å². The first-order valence-electron chi connectivity index (χ1n) is 5.23. The number of aromatic nitrogens is 1. The SMILES string of the molecule is N#Cc1c(F)cccc1NC(=O)c1ccncc1Cl. The maximum absolute atomic E-state index is 13.4. The first-order valence-corrected chi connectivity index (χ1v) is 5.60. The fraction of sp³-hybridized carbons (Fsp3) is 0. The Morgan fingerprint density at radius 3 is 2.89 bits per heavy atom. The van der Waals surface area contributed by atoms with Crippen molar-refractivity contribution >= 4 is 23.2 Å². The number of pyridine rings is 1. The summed E-state index contributed by atoms with van der Waals surface area (Å²) in [5, 5.41) is 11.5. The van der Waals surface area contributed by atoms with Crippen molar-refractivity contribution in [2.24, 2.45) is 0 Å². The van der Waals surface area contributed by atoms with Crippen molar-refractivity contribution in [3.05, 3.63) is 58.6 Å². The number of benzene rings is 1. The zero-order valence-corrected chi connectivity index (χ0v) is 10.3. The molecule has 1 aromatic carbocycles. The predicted octanol–water partition coefficient (Wildman–Crippen LogP) is 3.00. The van der Waals surface area contributed by atoms with Crippen LogP contribution in [0.25, 0.3) is 0 Å². The molecule has 0 saturated carbocycles. The van der Waals surface area contributed by atoms with Gasteiger partial charge in [-0.3, -0.25) is 9.78 Å². The van der Waals surface area contributed by atoms with Gasteiger partial charge in [-0.05, 0) is 18.2 Å². The summed E-state index contributed by atoms with van der Waals surface area (Å²) < 4.78 is 13.4. The van der Waals surface area contributed by atoms with Gasteiger partial charge in [0.2, 0.25) is 0 Å². The van der Waals surface area contributed by atoms with E-state index in [0.29, 0.717) is 0 Å². The second kappa shape index (κ2) is 5.46. The number of amides is 1. The summed E-state index contributed by atoms with van der Waals surface area (Å²) in [4.78, 5) is 15.7. The molecular weight excluding hydrogens is 269 g/mol. The zero-order chi connectivity index (χ0) is 13.8. The number of nitrogens with zero attached hydrogens (tertiary/aromatic N) is 2. The van der Waals surface area contributed by atoms with E-state index in [-0.39, 0.29) is 21.8 Å². The van der Waals surface area contributed by atoms with E-state index in [9.17, 15) is 9.18 Å². The Balaban J connectivity index is 2.33.